The summed E-state index contributed by atoms with van der Waals surface area (Å²) in [5.41, 5.74) is 0.671. The molecule has 0 aliphatic carbocycles. The lowest BCUT2D eigenvalue weighted by Crippen LogP contribution is -2.24. The highest BCUT2D eigenvalue weighted by molar-refractivity contribution is 5.92. The maximum atomic E-state index is 11.9. The summed E-state index contributed by atoms with van der Waals surface area (Å²) < 4.78 is 0. The molecule has 0 bridgehead atoms. The number of aliphatic carboxylic acids is 1. The predicted octanol–water partition coefficient (Wildman–Crippen LogP) is 2.41. The van der Waals surface area contributed by atoms with Crippen molar-refractivity contribution in [3.63, 3.8) is 0 Å². The molecule has 0 aromatic carbocycles. The zero-order chi connectivity index (χ0) is 14.4. The SMILES string of the molecule is CC(C)C(C)C(=O)Nc1cc(/C=C/C(=O)O)ccn1. The molecule has 1 rings (SSSR count). The molecule has 1 atom stereocenters. The van der Waals surface area contributed by atoms with Crippen molar-refractivity contribution in [2.75, 3.05) is 5.32 Å². The Morgan fingerprint density at radius 3 is 2.63 bits per heavy atom. The van der Waals surface area contributed by atoms with E-state index >= 15 is 0 Å². The molecule has 19 heavy (non-hydrogen) atoms. The van der Waals surface area contributed by atoms with Crippen LogP contribution in [0.15, 0.2) is 24.4 Å². The first-order valence-electron chi connectivity index (χ1n) is 6.08. The lowest BCUT2D eigenvalue weighted by Gasteiger charge is -2.14. The van der Waals surface area contributed by atoms with Crippen LogP contribution >= 0.6 is 0 Å². The molecule has 1 amide bonds. The van der Waals surface area contributed by atoms with Crippen molar-refractivity contribution >= 4 is 23.8 Å². The molecule has 2 N–H and O–H groups in total. The van der Waals surface area contributed by atoms with Crippen molar-refractivity contribution in [1.29, 1.82) is 0 Å². The first-order chi connectivity index (χ1) is 8.90. The first-order valence-corrected chi connectivity index (χ1v) is 6.08. The molecule has 102 valence electrons. The Bertz CT molecular complexity index is 495. The number of hydrogen-bond acceptors (Lipinski definition) is 3. The number of nitrogens with one attached hydrogen (secondary N) is 1. The number of carbonyl (C=O) groups excluding carboxylic acids is 1. The third kappa shape index (κ3) is 4.91. The minimum atomic E-state index is -1.02. The van der Waals surface area contributed by atoms with Crippen molar-refractivity contribution in [2.24, 2.45) is 11.8 Å². The number of amides is 1. The van der Waals surface area contributed by atoms with Crippen LogP contribution in [0.25, 0.3) is 6.08 Å². The molecule has 1 aromatic rings. The fraction of sp³-hybridized carbons (Fsp3) is 0.357. The van der Waals surface area contributed by atoms with Crippen LogP contribution in [0.3, 0.4) is 0 Å². The van der Waals surface area contributed by atoms with Crippen LogP contribution in [0.5, 0.6) is 0 Å². The molecule has 1 unspecified atom stereocenters. The van der Waals surface area contributed by atoms with Gasteiger partial charge < -0.3 is 10.4 Å². The topological polar surface area (TPSA) is 79.3 Å². The molecule has 1 aromatic heterocycles. The molecule has 0 aliphatic heterocycles. The molecule has 0 saturated heterocycles. The highest BCUT2D eigenvalue weighted by atomic mass is 16.4. The third-order valence-electron chi connectivity index (χ3n) is 2.87. The summed E-state index contributed by atoms with van der Waals surface area (Å²) in [6.07, 6.45) is 4.01. The zero-order valence-corrected chi connectivity index (χ0v) is 11.3. The van der Waals surface area contributed by atoms with E-state index in [1.165, 1.54) is 12.3 Å². The second-order valence-electron chi connectivity index (χ2n) is 4.67. The fourth-order valence-corrected chi connectivity index (χ4v) is 1.33. The van der Waals surface area contributed by atoms with Gasteiger partial charge in [-0.1, -0.05) is 20.8 Å². The van der Waals surface area contributed by atoms with Gasteiger partial charge in [0.1, 0.15) is 5.82 Å². The number of anilines is 1. The maximum absolute atomic E-state index is 11.9. The summed E-state index contributed by atoms with van der Waals surface area (Å²) >= 11 is 0. The molecule has 1 heterocycles. The van der Waals surface area contributed by atoms with E-state index in [2.05, 4.69) is 10.3 Å². The Labute approximate surface area is 112 Å². The molecule has 0 aliphatic rings. The van der Waals surface area contributed by atoms with Crippen molar-refractivity contribution in [3.05, 3.63) is 30.0 Å². The number of carbonyl (C=O) groups is 2. The zero-order valence-electron chi connectivity index (χ0n) is 11.3. The van der Waals surface area contributed by atoms with Crippen LogP contribution in [-0.2, 0) is 9.59 Å². The Morgan fingerprint density at radius 1 is 1.37 bits per heavy atom. The molecule has 0 radical (unpaired) electrons. The van der Waals surface area contributed by atoms with Gasteiger partial charge in [-0.3, -0.25) is 4.79 Å². The molecular formula is C14H18N2O3. The lowest BCUT2D eigenvalue weighted by molar-refractivity contribution is -0.131. The lowest BCUT2D eigenvalue weighted by atomic mass is 9.97. The highest BCUT2D eigenvalue weighted by Crippen LogP contribution is 2.14. The van der Waals surface area contributed by atoms with E-state index in [4.69, 9.17) is 5.11 Å². The fourth-order valence-electron chi connectivity index (χ4n) is 1.33. The van der Waals surface area contributed by atoms with Gasteiger partial charge in [-0.25, -0.2) is 9.78 Å². The number of carboxylic acid groups (broad SMARTS) is 1. The summed E-state index contributed by atoms with van der Waals surface area (Å²) in [5.74, 6) is -0.558. The van der Waals surface area contributed by atoms with Crippen LogP contribution in [0.4, 0.5) is 5.82 Å². The molecule has 0 fully saturated rings. The number of nitrogens with zero attached hydrogens (tertiary/aromatic N) is 1. The quantitative estimate of drug-likeness (QED) is 0.799. The van der Waals surface area contributed by atoms with E-state index in [-0.39, 0.29) is 17.7 Å². The van der Waals surface area contributed by atoms with Gasteiger partial charge >= 0.3 is 5.97 Å². The van der Waals surface area contributed by atoms with Crippen LogP contribution in [0, 0.1) is 11.8 Å². The van der Waals surface area contributed by atoms with E-state index in [0.29, 0.717) is 11.4 Å². The number of pyridine rings is 1. The van der Waals surface area contributed by atoms with E-state index in [1.54, 1.807) is 12.1 Å². The second-order valence-corrected chi connectivity index (χ2v) is 4.67. The maximum Gasteiger partial charge on any atom is 0.328 e. The number of aromatic nitrogens is 1. The number of carboxylic acids is 1. The Morgan fingerprint density at radius 2 is 2.05 bits per heavy atom. The van der Waals surface area contributed by atoms with Crippen molar-refractivity contribution in [3.8, 4) is 0 Å². The number of hydrogen-bond donors (Lipinski definition) is 2. The Balaban J connectivity index is 2.77. The van der Waals surface area contributed by atoms with Gasteiger partial charge in [0.25, 0.3) is 0 Å². The van der Waals surface area contributed by atoms with Gasteiger partial charge in [-0.05, 0) is 29.7 Å². The highest BCUT2D eigenvalue weighted by Gasteiger charge is 2.16. The summed E-state index contributed by atoms with van der Waals surface area (Å²) in [7, 11) is 0. The standard InChI is InChI=1S/C14H18N2O3/c1-9(2)10(3)14(19)16-12-8-11(6-7-15-12)4-5-13(17)18/h4-10H,1-3H3,(H,17,18)(H,15,16,19)/b5-4+. The van der Waals surface area contributed by atoms with Gasteiger partial charge in [0.15, 0.2) is 0 Å². The Hall–Kier alpha value is -2.17. The molecule has 0 spiro atoms. The summed E-state index contributed by atoms with van der Waals surface area (Å²) in [4.78, 5) is 26.3. The van der Waals surface area contributed by atoms with Crippen LogP contribution in [0.1, 0.15) is 26.3 Å². The van der Waals surface area contributed by atoms with Gasteiger partial charge in [0.2, 0.25) is 5.91 Å². The summed E-state index contributed by atoms with van der Waals surface area (Å²) in [6.45, 7) is 5.81. The molecule has 5 heteroatoms. The van der Waals surface area contributed by atoms with E-state index < -0.39 is 5.97 Å². The Kier molecular flexibility index (Phi) is 5.23. The average Bonchev–Trinajstić information content (AvgIpc) is 2.35. The smallest absolute Gasteiger partial charge is 0.328 e. The predicted molar refractivity (Wildman–Crippen MR) is 73.5 cm³/mol. The molecular weight excluding hydrogens is 244 g/mol. The summed E-state index contributed by atoms with van der Waals surface area (Å²) in [5, 5.41) is 11.3. The number of rotatable bonds is 5. The van der Waals surface area contributed by atoms with Crippen molar-refractivity contribution in [2.45, 2.75) is 20.8 Å². The average molecular weight is 262 g/mol. The van der Waals surface area contributed by atoms with Gasteiger partial charge in [-0.2, -0.15) is 0 Å². The molecule has 0 saturated carbocycles. The monoisotopic (exact) mass is 262 g/mol. The minimum absolute atomic E-state index is 0.0955. The minimum Gasteiger partial charge on any atom is -0.478 e. The third-order valence-corrected chi connectivity index (χ3v) is 2.87. The second kappa shape index (κ2) is 6.68. The van der Waals surface area contributed by atoms with E-state index in [9.17, 15) is 9.59 Å². The van der Waals surface area contributed by atoms with Crippen LogP contribution < -0.4 is 5.32 Å². The first kappa shape index (κ1) is 14.9. The van der Waals surface area contributed by atoms with Crippen molar-refractivity contribution < 1.29 is 14.7 Å². The van der Waals surface area contributed by atoms with Crippen LogP contribution in [0.2, 0.25) is 0 Å². The van der Waals surface area contributed by atoms with Crippen molar-refractivity contribution in [1.82, 2.24) is 4.98 Å². The summed E-state index contributed by atoms with van der Waals surface area (Å²) in [6, 6.07) is 3.30. The van der Waals surface area contributed by atoms with Gasteiger partial charge in [0.05, 0.1) is 0 Å². The van der Waals surface area contributed by atoms with Gasteiger partial charge in [0, 0.05) is 18.2 Å². The van der Waals surface area contributed by atoms with E-state index in [1.807, 2.05) is 20.8 Å². The van der Waals surface area contributed by atoms with E-state index in [0.717, 1.165) is 6.08 Å². The normalized spacial score (nSPS) is 12.6. The largest absolute Gasteiger partial charge is 0.478 e. The molecule has 5 nitrogen and oxygen atoms in total. The van der Waals surface area contributed by atoms with Gasteiger partial charge in [-0.15, -0.1) is 0 Å². The van der Waals surface area contributed by atoms with Crippen LogP contribution in [-0.4, -0.2) is 22.0 Å².